The van der Waals surface area contributed by atoms with Crippen molar-refractivity contribution in [2.75, 3.05) is 6.61 Å². The molecule has 29 heavy (non-hydrogen) atoms. The van der Waals surface area contributed by atoms with Crippen molar-refractivity contribution in [2.24, 2.45) is 0 Å². The number of hydrogen-bond donors (Lipinski definition) is 6. The summed E-state index contributed by atoms with van der Waals surface area (Å²) in [5.74, 6) is -3.04. The van der Waals surface area contributed by atoms with E-state index in [0.717, 1.165) is 19.3 Å². The van der Waals surface area contributed by atoms with Gasteiger partial charge in [-0.1, -0.05) is 77.6 Å². The van der Waals surface area contributed by atoms with Gasteiger partial charge in [0.1, 0.15) is 0 Å². The normalized spacial score (nSPS) is 13.3. The lowest BCUT2D eigenvalue weighted by Crippen LogP contribution is -2.41. The minimum absolute atomic E-state index is 0.152. The molecule has 0 aliphatic carbocycles. The van der Waals surface area contributed by atoms with Crippen molar-refractivity contribution >= 4 is 19.8 Å². The summed E-state index contributed by atoms with van der Waals surface area (Å²) >= 11 is 0. The minimum atomic E-state index is -4.64. The first-order valence-corrected chi connectivity index (χ1v) is 11.6. The number of unbranched alkanes of at least 4 members (excludes halogenated alkanes) is 11. The van der Waals surface area contributed by atoms with Gasteiger partial charge in [-0.25, -0.2) is 14.2 Å². The highest BCUT2D eigenvalue weighted by atomic mass is 31.2. The molecule has 0 saturated heterocycles. The van der Waals surface area contributed by atoms with E-state index in [1.807, 2.05) is 0 Å². The number of ether oxygens (including phenoxy) is 1. The number of aliphatic hydroxyl groups is 1. The van der Waals surface area contributed by atoms with Gasteiger partial charge < -0.3 is 34.7 Å². The molecule has 6 N–H and O–H groups in total. The second kappa shape index (κ2) is 19.0. The zero-order chi connectivity index (χ0) is 22.7. The van der Waals surface area contributed by atoms with Crippen LogP contribution >= 0.6 is 7.82 Å². The molecule has 0 spiro atoms. The highest BCUT2D eigenvalue weighted by Gasteiger charge is 2.32. The molecule has 174 valence electrons. The van der Waals surface area contributed by atoms with E-state index in [-0.39, 0.29) is 6.61 Å². The third-order valence-electron chi connectivity index (χ3n) is 4.08. The average molecular weight is 444 g/mol. The SMILES string of the molecule is CCCCCCCCCCCCCCOC(C(=O)O)C(O)C(=O)O.O=P(O)(O)O. The summed E-state index contributed by atoms with van der Waals surface area (Å²) in [7, 11) is -4.64. The second-order valence-electron chi connectivity index (χ2n) is 6.82. The standard InChI is InChI=1S/C18H34O6.H3O4P/c1-2-3-4-5-6-7-8-9-10-11-12-13-14-24-16(18(22)23)15(19)17(20)21;1-5(2,3)4/h15-16,19H,2-14H2,1H3,(H,20,21)(H,22,23);(H3,1,2,3,4). The van der Waals surface area contributed by atoms with E-state index in [0.29, 0.717) is 6.42 Å². The topological polar surface area (TPSA) is 182 Å². The molecule has 0 amide bonds. The lowest BCUT2D eigenvalue weighted by Gasteiger charge is -2.16. The van der Waals surface area contributed by atoms with Crippen LogP contribution in [0.15, 0.2) is 0 Å². The molecular formula is C18H37O10P. The maximum atomic E-state index is 10.8. The number of hydrogen-bond acceptors (Lipinski definition) is 5. The molecular weight excluding hydrogens is 407 g/mol. The Kier molecular flexibility index (Phi) is 19.7. The molecule has 0 bridgehead atoms. The van der Waals surface area contributed by atoms with Crippen molar-refractivity contribution in [3.8, 4) is 0 Å². The van der Waals surface area contributed by atoms with Crippen LogP contribution in [-0.4, -0.2) is 60.8 Å². The Morgan fingerprint density at radius 3 is 1.41 bits per heavy atom. The quantitative estimate of drug-likeness (QED) is 0.144. The second-order valence-corrected chi connectivity index (χ2v) is 7.84. The number of rotatable bonds is 17. The van der Waals surface area contributed by atoms with Crippen LogP contribution in [0.3, 0.4) is 0 Å². The monoisotopic (exact) mass is 444 g/mol. The third kappa shape index (κ3) is 24.9. The van der Waals surface area contributed by atoms with E-state index in [1.165, 1.54) is 51.4 Å². The molecule has 0 aromatic heterocycles. The van der Waals surface area contributed by atoms with Gasteiger partial charge >= 0.3 is 19.8 Å². The Balaban J connectivity index is 0. The van der Waals surface area contributed by atoms with Gasteiger partial charge in [-0.15, -0.1) is 0 Å². The van der Waals surface area contributed by atoms with E-state index in [9.17, 15) is 14.7 Å². The van der Waals surface area contributed by atoms with Gasteiger partial charge in [0, 0.05) is 6.61 Å². The van der Waals surface area contributed by atoms with Gasteiger partial charge in [-0.3, -0.25) is 0 Å². The Morgan fingerprint density at radius 1 is 0.759 bits per heavy atom. The first kappa shape index (κ1) is 30.2. The number of carboxylic acids is 2. The summed E-state index contributed by atoms with van der Waals surface area (Å²) in [6.07, 6.45) is 10.6. The van der Waals surface area contributed by atoms with E-state index in [4.69, 9.17) is 34.2 Å². The summed E-state index contributed by atoms with van der Waals surface area (Å²) in [4.78, 5) is 43.0. The Hall–Kier alpha value is -1.03. The molecule has 2 atom stereocenters. The van der Waals surface area contributed by atoms with Crippen LogP contribution in [-0.2, 0) is 18.9 Å². The molecule has 0 aromatic carbocycles. The van der Waals surface area contributed by atoms with Gasteiger partial charge in [-0.05, 0) is 6.42 Å². The number of aliphatic carboxylic acids is 2. The summed E-state index contributed by atoms with van der Waals surface area (Å²) in [6, 6.07) is 0. The van der Waals surface area contributed by atoms with Crippen LogP contribution in [0, 0.1) is 0 Å². The fourth-order valence-electron chi connectivity index (χ4n) is 2.58. The lowest BCUT2D eigenvalue weighted by atomic mass is 10.1. The minimum Gasteiger partial charge on any atom is -0.479 e. The molecule has 10 nitrogen and oxygen atoms in total. The van der Waals surface area contributed by atoms with Crippen molar-refractivity contribution in [3.05, 3.63) is 0 Å². The van der Waals surface area contributed by atoms with Crippen LogP contribution in [0.1, 0.15) is 84.0 Å². The maximum Gasteiger partial charge on any atom is 0.466 e. The predicted molar refractivity (Wildman–Crippen MR) is 106 cm³/mol. The number of carboxylic acid groups (broad SMARTS) is 2. The van der Waals surface area contributed by atoms with Crippen molar-refractivity contribution in [2.45, 2.75) is 96.2 Å². The Bertz CT molecular complexity index is 457. The predicted octanol–water partition coefficient (Wildman–Crippen LogP) is 2.67. The molecule has 0 aromatic rings. The van der Waals surface area contributed by atoms with Crippen molar-refractivity contribution in [1.82, 2.24) is 0 Å². The van der Waals surface area contributed by atoms with Gasteiger partial charge in [0.2, 0.25) is 0 Å². The van der Waals surface area contributed by atoms with Crippen LogP contribution in [0.2, 0.25) is 0 Å². The van der Waals surface area contributed by atoms with Gasteiger partial charge in [0.15, 0.2) is 12.2 Å². The largest absolute Gasteiger partial charge is 0.479 e. The van der Waals surface area contributed by atoms with Crippen LogP contribution in [0.4, 0.5) is 0 Å². The Morgan fingerprint density at radius 2 is 1.10 bits per heavy atom. The molecule has 0 heterocycles. The van der Waals surface area contributed by atoms with Crippen LogP contribution < -0.4 is 0 Å². The number of aliphatic hydroxyl groups excluding tert-OH is 1. The molecule has 0 aliphatic heterocycles. The molecule has 0 radical (unpaired) electrons. The number of phosphoric acid groups is 1. The first-order valence-electron chi connectivity index (χ1n) is 10.0. The van der Waals surface area contributed by atoms with Crippen molar-refractivity contribution < 1.29 is 48.9 Å². The maximum absolute atomic E-state index is 10.8. The molecule has 0 fully saturated rings. The summed E-state index contributed by atoms with van der Waals surface area (Å²) in [5, 5.41) is 26.7. The summed E-state index contributed by atoms with van der Waals surface area (Å²) in [6.45, 7) is 2.37. The fourth-order valence-corrected chi connectivity index (χ4v) is 2.58. The molecule has 11 heteroatoms. The van der Waals surface area contributed by atoms with Crippen LogP contribution in [0.5, 0.6) is 0 Å². The molecule has 0 rings (SSSR count). The highest BCUT2D eigenvalue weighted by Crippen LogP contribution is 2.25. The van der Waals surface area contributed by atoms with Crippen molar-refractivity contribution in [1.29, 1.82) is 0 Å². The molecule has 2 unspecified atom stereocenters. The average Bonchev–Trinajstić information content (AvgIpc) is 2.59. The number of carbonyl (C=O) groups is 2. The first-order chi connectivity index (χ1) is 13.5. The van der Waals surface area contributed by atoms with E-state index in [2.05, 4.69) is 6.92 Å². The highest BCUT2D eigenvalue weighted by molar-refractivity contribution is 7.45. The third-order valence-corrected chi connectivity index (χ3v) is 4.08. The van der Waals surface area contributed by atoms with E-state index in [1.54, 1.807) is 0 Å². The van der Waals surface area contributed by atoms with Gasteiger partial charge in [0.25, 0.3) is 0 Å². The zero-order valence-corrected chi connectivity index (χ0v) is 18.0. The summed E-state index contributed by atoms with van der Waals surface area (Å²) < 4.78 is 13.9. The molecule has 0 aliphatic rings. The van der Waals surface area contributed by atoms with E-state index >= 15 is 0 Å². The van der Waals surface area contributed by atoms with Crippen LogP contribution in [0.25, 0.3) is 0 Å². The van der Waals surface area contributed by atoms with Gasteiger partial charge in [0.05, 0.1) is 0 Å². The zero-order valence-electron chi connectivity index (χ0n) is 17.1. The fraction of sp³-hybridized carbons (Fsp3) is 0.889. The lowest BCUT2D eigenvalue weighted by molar-refractivity contribution is -0.171. The van der Waals surface area contributed by atoms with Crippen molar-refractivity contribution in [3.63, 3.8) is 0 Å². The Labute approximate surface area is 172 Å². The summed E-state index contributed by atoms with van der Waals surface area (Å²) in [5.41, 5.74) is 0. The van der Waals surface area contributed by atoms with Gasteiger partial charge in [-0.2, -0.15) is 0 Å². The smallest absolute Gasteiger partial charge is 0.466 e. The molecule has 0 saturated carbocycles. The van der Waals surface area contributed by atoms with E-state index < -0.39 is 32.0 Å².